The quantitative estimate of drug-likeness (QED) is 0.448. The molecule has 0 aromatic heterocycles. The number of ether oxygens (including phenoxy) is 1. The molecular formula is C14H19F5O5S. The third-order valence-corrected chi connectivity index (χ3v) is 5.93. The molecule has 2 saturated carbocycles. The Labute approximate surface area is 141 Å². The highest BCUT2D eigenvalue weighted by Crippen LogP contribution is 2.52. The fraction of sp³-hybridized carbons (Fsp3) is 0.929. The number of fused-ring (bicyclic) bond motifs is 2. The number of esters is 1. The molecule has 0 spiro atoms. The van der Waals surface area contributed by atoms with Crippen molar-refractivity contribution in [2.24, 2.45) is 17.3 Å². The summed E-state index contributed by atoms with van der Waals surface area (Å²) in [6, 6.07) is 0. The van der Waals surface area contributed by atoms with Crippen LogP contribution < -0.4 is 0 Å². The molecule has 2 fully saturated rings. The van der Waals surface area contributed by atoms with Crippen molar-refractivity contribution in [1.29, 1.82) is 0 Å². The van der Waals surface area contributed by atoms with Gasteiger partial charge >= 0.3 is 27.5 Å². The lowest BCUT2D eigenvalue weighted by Crippen LogP contribution is -2.54. The fourth-order valence-corrected chi connectivity index (χ4v) is 4.61. The van der Waals surface area contributed by atoms with E-state index >= 15 is 0 Å². The molecule has 0 aliphatic heterocycles. The number of carbonyl (C=O) groups is 1. The second-order valence-electron chi connectivity index (χ2n) is 7.15. The maximum absolute atomic E-state index is 13.6. The molecular weight excluding hydrogens is 375 g/mol. The van der Waals surface area contributed by atoms with E-state index in [-0.39, 0.29) is 31.1 Å². The van der Waals surface area contributed by atoms with Crippen molar-refractivity contribution >= 4 is 16.1 Å². The molecule has 0 saturated heterocycles. The van der Waals surface area contributed by atoms with E-state index in [1.807, 2.05) is 6.92 Å². The summed E-state index contributed by atoms with van der Waals surface area (Å²) in [4.78, 5) is 12.4. The third-order valence-electron chi connectivity index (χ3n) is 5.03. The van der Waals surface area contributed by atoms with Crippen molar-refractivity contribution in [3.05, 3.63) is 0 Å². The SMILES string of the molecule is CC1CC2CCCC(C(=O)OC(C(F)(F)F)C(F)(F)S(=O)(=O)O)(C1)C2. The van der Waals surface area contributed by atoms with Gasteiger partial charge in [-0.2, -0.15) is 30.4 Å². The Morgan fingerprint density at radius 3 is 2.36 bits per heavy atom. The van der Waals surface area contributed by atoms with Gasteiger partial charge in [0.05, 0.1) is 5.41 Å². The first-order valence-corrected chi connectivity index (χ1v) is 9.26. The summed E-state index contributed by atoms with van der Waals surface area (Å²) >= 11 is 0. The smallest absolute Gasteiger partial charge is 0.432 e. The van der Waals surface area contributed by atoms with Crippen LogP contribution in [0.2, 0.25) is 0 Å². The second kappa shape index (κ2) is 6.33. The van der Waals surface area contributed by atoms with Gasteiger partial charge in [-0.1, -0.05) is 19.8 Å². The lowest BCUT2D eigenvalue weighted by atomic mass is 9.59. The molecule has 0 aromatic rings. The zero-order valence-electron chi connectivity index (χ0n) is 13.4. The Balaban J connectivity index is 2.31. The topological polar surface area (TPSA) is 80.7 Å². The lowest BCUT2D eigenvalue weighted by molar-refractivity contribution is -0.264. The molecule has 2 aliphatic rings. The van der Waals surface area contributed by atoms with E-state index < -0.39 is 39.0 Å². The maximum Gasteiger partial charge on any atom is 0.432 e. The fourth-order valence-electron chi connectivity index (χ4n) is 4.15. The number of alkyl halides is 5. The Hall–Kier alpha value is -0.970. The largest absolute Gasteiger partial charge is 0.444 e. The van der Waals surface area contributed by atoms with E-state index in [1.54, 1.807) is 0 Å². The van der Waals surface area contributed by atoms with Gasteiger partial charge in [-0.05, 0) is 37.5 Å². The summed E-state index contributed by atoms with van der Waals surface area (Å²) in [7, 11) is -6.43. The van der Waals surface area contributed by atoms with E-state index in [0.29, 0.717) is 6.42 Å². The molecule has 2 aliphatic carbocycles. The van der Waals surface area contributed by atoms with E-state index in [0.717, 1.165) is 12.8 Å². The first-order chi connectivity index (χ1) is 11.2. The van der Waals surface area contributed by atoms with E-state index in [9.17, 15) is 35.2 Å². The van der Waals surface area contributed by atoms with Crippen LogP contribution in [0.15, 0.2) is 0 Å². The number of rotatable bonds is 4. The average Bonchev–Trinajstić information content (AvgIpc) is 2.40. The molecule has 2 rings (SSSR count). The minimum Gasteiger partial charge on any atom is -0.444 e. The zero-order chi connectivity index (χ0) is 19.3. The van der Waals surface area contributed by atoms with E-state index in [2.05, 4.69) is 4.74 Å². The Morgan fingerprint density at radius 1 is 1.24 bits per heavy atom. The Kier molecular flexibility index (Phi) is 5.15. The van der Waals surface area contributed by atoms with Crippen molar-refractivity contribution in [1.82, 2.24) is 0 Å². The van der Waals surface area contributed by atoms with Crippen LogP contribution >= 0.6 is 0 Å². The van der Waals surface area contributed by atoms with Crippen LogP contribution in [0.25, 0.3) is 0 Å². The molecule has 4 atom stereocenters. The average molecular weight is 394 g/mol. The predicted molar refractivity (Wildman–Crippen MR) is 75.2 cm³/mol. The van der Waals surface area contributed by atoms with Gasteiger partial charge in [0.2, 0.25) is 0 Å². The molecule has 5 nitrogen and oxygen atoms in total. The predicted octanol–water partition coefficient (Wildman–Crippen LogP) is 3.55. The molecule has 0 radical (unpaired) electrons. The Bertz CT molecular complexity index is 628. The molecule has 4 unspecified atom stereocenters. The van der Waals surface area contributed by atoms with Crippen molar-refractivity contribution in [3.8, 4) is 0 Å². The van der Waals surface area contributed by atoms with Gasteiger partial charge < -0.3 is 4.74 Å². The monoisotopic (exact) mass is 394 g/mol. The minimum absolute atomic E-state index is 0.0121. The first-order valence-electron chi connectivity index (χ1n) is 7.82. The van der Waals surface area contributed by atoms with Gasteiger partial charge in [0.15, 0.2) is 0 Å². The van der Waals surface area contributed by atoms with Crippen LogP contribution in [0.1, 0.15) is 45.4 Å². The van der Waals surface area contributed by atoms with Crippen molar-refractivity contribution in [2.75, 3.05) is 0 Å². The summed E-state index contributed by atoms with van der Waals surface area (Å²) in [5.41, 5.74) is -1.32. The third kappa shape index (κ3) is 3.91. The van der Waals surface area contributed by atoms with Crippen LogP contribution in [0, 0.1) is 17.3 Å². The summed E-state index contributed by atoms with van der Waals surface area (Å²) in [6.45, 7) is 1.81. The standard InChI is InChI=1S/C14H19F5O5S/c1-8-5-9-3-2-4-12(6-8,7-9)11(20)24-10(13(15,16)17)14(18,19)25(21,22)23/h8-10H,2-7H2,1H3,(H,21,22,23). The van der Waals surface area contributed by atoms with Gasteiger partial charge in [-0.15, -0.1) is 0 Å². The maximum atomic E-state index is 13.6. The Morgan fingerprint density at radius 2 is 1.84 bits per heavy atom. The first kappa shape index (κ1) is 20.3. The van der Waals surface area contributed by atoms with Crippen molar-refractivity contribution < 1.29 is 44.5 Å². The van der Waals surface area contributed by atoms with Gasteiger partial charge in [0.25, 0.3) is 6.10 Å². The molecule has 25 heavy (non-hydrogen) atoms. The van der Waals surface area contributed by atoms with Crippen LogP contribution in [0.5, 0.6) is 0 Å². The van der Waals surface area contributed by atoms with Crippen LogP contribution in [-0.2, 0) is 19.6 Å². The molecule has 11 heteroatoms. The van der Waals surface area contributed by atoms with Gasteiger partial charge in [0.1, 0.15) is 0 Å². The minimum atomic E-state index is -6.43. The highest BCUT2D eigenvalue weighted by Gasteiger charge is 2.67. The summed E-state index contributed by atoms with van der Waals surface area (Å²) < 4.78 is 99.8. The van der Waals surface area contributed by atoms with E-state index in [1.165, 1.54) is 0 Å². The summed E-state index contributed by atoms with van der Waals surface area (Å²) in [5.74, 6) is -1.37. The normalized spacial score (nSPS) is 32.1. The highest BCUT2D eigenvalue weighted by atomic mass is 32.2. The van der Waals surface area contributed by atoms with Gasteiger partial charge in [0, 0.05) is 0 Å². The van der Waals surface area contributed by atoms with Crippen molar-refractivity contribution in [2.45, 2.75) is 63.0 Å². The molecule has 2 bridgehead atoms. The van der Waals surface area contributed by atoms with Gasteiger partial charge in [-0.3, -0.25) is 9.35 Å². The number of carbonyl (C=O) groups excluding carboxylic acids is 1. The van der Waals surface area contributed by atoms with Crippen LogP contribution in [0.3, 0.4) is 0 Å². The highest BCUT2D eigenvalue weighted by molar-refractivity contribution is 7.86. The molecule has 0 heterocycles. The zero-order valence-corrected chi connectivity index (χ0v) is 14.2. The van der Waals surface area contributed by atoms with Gasteiger partial charge in [-0.25, -0.2) is 0 Å². The second-order valence-corrected chi connectivity index (χ2v) is 8.65. The number of hydrogen-bond acceptors (Lipinski definition) is 4. The van der Waals surface area contributed by atoms with Crippen LogP contribution in [0.4, 0.5) is 22.0 Å². The molecule has 1 N–H and O–H groups in total. The van der Waals surface area contributed by atoms with Crippen molar-refractivity contribution in [3.63, 3.8) is 0 Å². The number of halogens is 5. The summed E-state index contributed by atoms with van der Waals surface area (Å²) in [6.07, 6.45) is -7.34. The lowest BCUT2D eigenvalue weighted by Gasteiger charge is -2.46. The molecule has 0 aromatic carbocycles. The summed E-state index contributed by atoms with van der Waals surface area (Å²) in [5, 5.41) is -5.69. The molecule has 0 amide bonds. The van der Waals surface area contributed by atoms with E-state index in [4.69, 9.17) is 4.55 Å². The number of hydrogen-bond donors (Lipinski definition) is 1. The van der Waals surface area contributed by atoms with Crippen LogP contribution in [-0.4, -0.2) is 36.5 Å². The molecule has 146 valence electrons.